The van der Waals surface area contributed by atoms with Crippen molar-refractivity contribution in [1.29, 1.82) is 0 Å². The SMILES string of the molecule is FC(F)(F)O[Si](OC(F)(F)F)(OC(F)(F)C(F)(F)C(F)(F)C(F)(F)C(F)(F)F)C(F)(F)C(F)(F)C(F)(F)F. The fourth-order valence-corrected chi connectivity index (χ4v) is 3.83. The molecule has 0 heterocycles. The van der Waals surface area contributed by atoms with Crippen LogP contribution in [0.2, 0.25) is 0 Å². The minimum Gasteiger partial charge on any atom is -0.304 e. The maximum Gasteiger partial charge on any atom is 0.599 e. The lowest BCUT2D eigenvalue weighted by Gasteiger charge is -2.43. The van der Waals surface area contributed by atoms with Gasteiger partial charge in [0, 0.05) is 0 Å². The average molecular weight is 652 g/mol. The second-order valence-corrected chi connectivity index (χ2v) is 8.49. The Morgan fingerprint density at radius 3 is 0.842 bits per heavy atom. The first kappa shape index (κ1) is 36.4. The summed E-state index contributed by atoms with van der Waals surface area (Å²) in [7, 11) is -10.6. The molecule has 28 heteroatoms. The first-order valence-electron chi connectivity index (χ1n) is 7.51. The molecule has 0 rings (SSSR count). The Bertz CT molecular complexity index is 814. The first-order valence-corrected chi connectivity index (χ1v) is 9.24. The molecule has 38 heavy (non-hydrogen) atoms. The number of halogens is 24. The summed E-state index contributed by atoms with van der Waals surface area (Å²) in [6.07, 6.45) is -40.5. The van der Waals surface area contributed by atoms with Crippen LogP contribution in [-0.4, -0.2) is 69.2 Å². The smallest absolute Gasteiger partial charge is 0.304 e. The van der Waals surface area contributed by atoms with Gasteiger partial charge in [-0.05, 0) is 0 Å². The van der Waals surface area contributed by atoms with Gasteiger partial charge < -0.3 is 4.43 Å². The predicted molar refractivity (Wildman–Crippen MR) is 62.9 cm³/mol. The molecule has 0 aliphatic heterocycles. The van der Waals surface area contributed by atoms with Gasteiger partial charge in [-0.1, -0.05) is 0 Å². The van der Waals surface area contributed by atoms with Crippen LogP contribution in [0.5, 0.6) is 0 Å². The number of rotatable bonds is 9. The van der Waals surface area contributed by atoms with Crippen molar-refractivity contribution in [2.24, 2.45) is 0 Å². The lowest BCUT2D eigenvalue weighted by atomic mass is 10.0. The summed E-state index contributed by atoms with van der Waals surface area (Å²) in [4.78, 5) is 0. The van der Waals surface area contributed by atoms with Crippen molar-refractivity contribution in [2.45, 2.75) is 60.4 Å². The Balaban J connectivity index is 7.60. The van der Waals surface area contributed by atoms with Gasteiger partial charge in [-0.15, -0.1) is 26.3 Å². The van der Waals surface area contributed by atoms with Gasteiger partial charge >= 0.3 is 69.2 Å². The van der Waals surface area contributed by atoms with E-state index in [1.54, 1.807) is 0 Å². The predicted octanol–water partition coefficient (Wildman–Crippen LogP) is 7.45. The largest absolute Gasteiger partial charge is 0.599 e. The Labute approximate surface area is 189 Å². The summed E-state index contributed by atoms with van der Waals surface area (Å²) >= 11 is 0. The molecule has 0 saturated heterocycles. The van der Waals surface area contributed by atoms with Crippen LogP contribution in [0.3, 0.4) is 0 Å². The summed E-state index contributed by atoms with van der Waals surface area (Å²) < 4.78 is 310. The van der Waals surface area contributed by atoms with Crippen LogP contribution in [0, 0.1) is 0 Å². The minimum absolute atomic E-state index is 1.24. The van der Waals surface area contributed by atoms with Gasteiger partial charge in [0.25, 0.3) is 0 Å². The van der Waals surface area contributed by atoms with Gasteiger partial charge in [-0.2, -0.15) is 79.0 Å². The monoisotopic (exact) mass is 652 g/mol. The standard InChI is InChI=1S/C10F24O3Si/c11-1(12,2(13,14)5(19,20)21)3(15,16)7(25,26)35-38(36-9(29,30)31,37-10(32,33)34)8(27,28)4(17,18)6(22,23)24. The van der Waals surface area contributed by atoms with Gasteiger partial charge in [0.15, 0.2) is 0 Å². The molecule has 0 spiro atoms. The molecule has 0 aromatic rings. The van der Waals surface area contributed by atoms with Crippen LogP contribution in [0.4, 0.5) is 105 Å². The van der Waals surface area contributed by atoms with Crippen molar-refractivity contribution in [1.82, 2.24) is 0 Å². The molecule has 0 aromatic heterocycles. The van der Waals surface area contributed by atoms with Crippen molar-refractivity contribution < 1.29 is 119 Å². The van der Waals surface area contributed by atoms with Crippen molar-refractivity contribution >= 4 is 8.80 Å². The first-order chi connectivity index (χ1) is 15.9. The molecule has 0 aromatic carbocycles. The highest BCUT2D eigenvalue weighted by Crippen LogP contribution is 2.60. The van der Waals surface area contributed by atoms with Gasteiger partial charge in [0.1, 0.15) is 0 Å². The minimum atomic E-state index is -10.6. The molecule has 0 atom stereocenters. The fourth-order valence-electron chi connectivity index (χ4n) is 1.72. The van der Waals surface area contributed by atoms with Crippen molar-refractivity contribution in [3.05, 3.63) is 0 Å². The molecule has 0 aliphatic rings. The zero-order valence-electron chi connectivity index (χ0n) is 15.8. The second-order valence-electron chi connectivity index (χ2n) is 6.14. The van der Waals surface area contributed by atoms with Gasteiger partial charge in [0.05, 0.1) is 0 Å². The molecule has 0 radical (unpaired) electrons. The van der Waals surface area contributed by atoms with E-state index in [4.69, 9.17) is 0 Å². The lowest BCUT2D eigenvalue weighted by molar-refractivity contribution is -0.458. The van der Waals surface area contributed by atoms with Crippen molar-refractivity contribution in [3.8, 4) is 0 Å². The Hall–Kier alpha value is -1.58. The molecular formula is C10F24O3Si. The summed E-state index contributed by atoms with van der Waals surface area (Å²) in [5, 5.41) is 0. The Morgan fingerprint density at radius 2 is 0.605 bits per heavy atom. The van der Waals surface area contributed by atoms with Crippen molar-refractivity contribution in [2.75, 3.05) is 0 Å². The highest BCUT2D eigenvalue weighted by molar-refractivity contribution is 6.64. The topological polar surface area (TPSA) is 27.7 Å². The molecule has 0 aliphatic carbocycles. The quantitative estimate of drug-likeness (QED) is 0.192. The number of hydrogen-bond acceptors (Lipinski definition) is 3. The summed E-state index contributed by atoms with van der Waals surface area (Å²) in [6, 6.07) is 0. The third kappa shape index (κ3) is 6.09. The Morgan fingerprint density at radius 1 is 0.316 bits per heavy atom. The summed E-state index contributed by atoms with van der Waals surface area (Å²) in [6.45, 7) is 0. The van der Waals surface area contributed by atoms with E-state index in [9.17, 15) is 105 Å². The van der Waals surface area contributed by atoms with Gasteiger partial charge in [0.2, 0.25) is 0 Å². The van der Waals surface area contributed by atoms with Crippen LogP contribution in [-0.2, 0) is 13.3 Å². The third-order valence-electron chi connectivity index (χ3n) is 3.41. The van der Waals surface area contributed by atoms with E-state index in [1.165, 1.54) is 13.3 Å². The zero-order chi connectivity index (χ0) is 31.6. The second kappa shape index (κ2) is 9.23. The maximum absolute atomic E-state index is 13.8. The summed E-state index contributed by atoms with van der Waals surface area (Å²) in [5.41, 5.74) is -8.77. The molecular weight excluding hydrogens is 652 g/mol. The van der Waals surface area contributed by atoms with Crippen LogP contribution in [0.25, 0.3) is 0 Å². The normalized spacial score (nSPS) is 16.7. The third-order valence-corrected chi connectivity index (χ3v) is 6.02. The van der Waals surface area contributed by atoms with Crippen LogP contribution >= 0.6 is 0 Å². The number of hydrogen-bond donors (Lipinski definition) is 0. The molecule has 0 unspecified atom stereocenters. The molecule has 0 fully saturated rings. The van der Waals surface area contributed by atoms with E-state index in [2.05, 4.69) is 0 Å². The van der Waals surface area contributed by atoms with Crippen molar-refractivity contribution in [3.63, 3.8) is 0 Å². The average Bonchev–Trinajstić information content (AvgIpc) is 2.55. The molecule has 0 N–H and O–H groups in total. The van der Waals surface area contributed by atoms with E-state index in [0.717, 1.165) is 0 Å². The van der Waals surface area contributed by atoms with Gasteiger partial charge in [-0.25, -0.2) is 0 Å². The van der Waals surface area contributed by atoms with E-state index >= 15 is 0 Å². The van der Waals surface area contributed by atoms with E-state index < -0.39 is 69.2 Å². The van der Waals surface area contributed by atoms with E-state index in [-0.39, 0.29) is 0 Å². The van der Waals surface area contributed by atoms with Crippen LogP contribution < -0.4 is 0 Å². The number of alkyl halides is 24. The molecule has 230 valence electrons. The summed E-state index contributed by atoms with van der Waals surface area (Å²) in [5.74, 6) is -34.9. The fraction of sp³-hybridized carbons (Fsp3) is 1.00. The van der Waals surface area contributed by atoms with E-state index in [0.29, 0.717) is 0 Å². The highest BCUT2D eigenvalue weighted by Gasteiger charge is 2.93. The Kier molecular flexibility index (Phi) is 8.85. The van der Waals surface area contributed by atoms with E-state index in [1.807, 2.05) is 0 Å². The van der Waals surface area contributed by atoms with Crippen LogP contribution in [0.15, 0.2) is 0 Å². The maximum atomic E-state index is 13.8. The van der Waals surface area contributed by atoms with Crippen LogP contribution in [0.1, 0.15) is 0 Å². The zero-order valence-corrected chi connectivity index (χ0v) is 16.8. The molecule has 0 bridgehead atoms. The highest BCUT2D eigenvalue weighted by atomic mass is 28.4. The molecule has 3 nitrogen and oxygen atoms in total. The molecule has 0 amide bonds. The lowest BCUT2D eigenvalue weighted by Crippen LogP contribution is -2.77. The molecule has 0 saturated carbocycles. The van der Waals surface area contributed by atoms with Gasteiger partial charge in [-0.3, -0.25) is 8.85 Å².